The number of benzene rings is 2. The second-order valence-electron chi connectivity index (χ2n) is 5.45. The summed E-state index contributed by atoms with van der Waals surface area (Å²) in [7, 11) is 1.85. The van der Waals surface area contributed by atoms with Crippen molar-refractivity contribution in [2.45, 2.75) is 6.92 Å². The molecular formula is C19H18ClN3O2. The number of anilines is 1. The van der Waals surface area contributed by atoms with Crippen molar-refractivity contribution in [2.24, 2.45) is 7.05 Å². The zero-order chi connectivity index (χ0) is 17.8. The number of ether oxygens (including phenoxy) is 1. The molecule has 0 saturated carbocycles. The predicted octanol–water partition coefficient (Wildman–Crippen LogP) is 4.39. The number of rotatable bonds is 5. The third-order valence-corrected chi connectivity index (χ3v) is 4.00. The third kappa shape index (κ3) is 3.83. The predicted molar refractivity (Wildman–Crippen MR) is 99.2 cm³/mol. The Balaban J connectivity index is 1.80. The lowest BCUT2D eigenvalue weighted by Crippen LogP contribution is -2.15. The first kappa shape index (κ1) is 17.0. The highest BCUT2D eigenvalue weighted by Crippen LogP contribution is 2.24. The summed E-state index contributed by atoms with van der Waals surface area (Å²) >= 11 is 5.93. The Morgan fingerprint density at radius 2 is 2.00 bits per heavy atom. The molecule has 1 heterocycles. The van der Waals surface area contributed by atoms with Crippen LogP contribution in [0, 0.1) is 0 Å². The van der Waals surface area contributed by atoms with Crippen LogP contribution in [0.25, 0.3) is 11.3 Å². The molecule has 0 fully saturated rings. The molecule has 0 saturated heterocycles. The standard InChI is InChI=1S/C19H18ClN3O2/c1-3-25-16-9-7-13(8-10-16)17-12-21-19(23(17)2)22-18(24)14-5-4-6-15(20)11-14/h4-12H,3H2,1-2H3,(H,21,22,24). The van der Waals surface area contributed by atoms with E-state index in [1.165, 1.54) is 0 Å². The Hall–Kier alpha value is -2.79. The van der Waals surface area contributed by atoms with E-state index in [1.54, 1.807) is 30.5 Å². The van der Waals surface area contributed by atoms with E-state index in [4.69, 9.17) is 16.3 Å². The van der Waals surface area contributed by atoms with Crippen LogP contribution in [0.4, 0.5) is 5.95 Å². The highest BCUT2D eigenvalue weighted by atomic mass is 35.5. The number of nitrogens with zero attached hydrogens (tertiary/aromatic N) is 2. The second kappa shape index (κ2) is 7.40. The minimum absolute atomic E-state index is 0.255. The highest BCUT2D eigenvalue weighted by Gasteiger charge is 2.13. The second-order valence-corrected chi connectivity index (χ2v) is 5.88. The Kier molecular flexibility index (Phi) is 5.05. The Labute approximate surface area is 151 Å². The summed E-state index contributed by atoms with van der Waals surface area (Å²) in [4.78, 5) is 16.6. The molecule has 6 heteroatoms. The van der Waals surface area contributed by atoms with Crippen LogP contribution in [0.2, 0.25) is 5.02 Å². The smallest absolute Gasteiger partial charge is 0.258 e. The van der Waals surface area contributed by atoms with Gasteiger partial charge in [0.25, 0.3) is 5.91 Å². The molecule has 0 aliphatic heterocycles. The molecule has 5 nitrogen and oxygen atoms in total. The van der Waals surface area contributed by atoms with Gasteiger partial charge >= 0.3 is 0 Å². The molecule has 128 valence electrons. The fraction of sp³-hybridized carbons (Fsp3) is 0.158. The van der Waals surface area contributed by atoms with Crippen molar-refractivity contribution in [3.63, 3.8) is 0 Å². The minimum Gasteiger partial charge on any atom is -0.494 e. The van der Waals surface area contributed by atoms with E-state index < -0.39 is 0 Å². The molecule has 3 rings (SSSR count). The Morgan fingerprint density at radius 1 is 1.24 bits per heavy atom. The minimum atomic E-state index is -0.255. The molecule has 1 aromatic heterocycles. The van der Waals surface area contributed by atoms with E-state index in [2.05, 4.69) is 10.3 Å². The summed E-state index contributed by atoms with van der Waals surface area (Å²) in [6.45, 7) is 2.58. The van der Waals surface area contributed by atoms with E-state index in [1.807, 2.05) is 42.8 Å². The number of halogens is 1. The molecule has 0 aliphatic carbocycles. The van der Waals surface area contributed by atoms with Gasteiger partial charge in [-0.05, 0) is 49.4 Å². The van der Waals surface area contributed by atoms with Crippen LogP contribution < -0.4 is 10.1 Å². The average Bonchev–Trinajstić information content (AvgIpc) is 2.97. The number of nitrogens with one attached hydrogen (secondary N) is 1. The molecule has 0 aliphatic rings. The van der Waals surface area contributed by atoms with Gasteiger partial charge in [0.1, 0.15) is 5.75 Å². The normalized spacial score (nSPS) is 10.5. The summed E-state index contributed by atoms with van der Waals surface area (Å²) in [6.07, 6.45) is 1.73. The first-order valence-electron chi connectivity index (χ1n) is 7.90. The van der Waals surface area contributed by atoms with Crippen LogP contribution in [0.1, 0.15) is 17.3 Å². The molecule has 2 aromatic carbocycles. The Morgan fingerprint density at radius 3 is 2.68 bits per heavy atom. The van der Waals surface area contributed by atoms with E-state index >= 15 is 0 Å². The van der Waals surface area contributed by atoms with Crippen molar-refractivity contribution in [1.29, 1.82) is 0 Å². The van der Waals surface area contributed by atoms with E-state index in [9.17, 15) is 4.79 Å². The monoisotopic (exact) mass is 355 g/mol. The first-order valence-corrected chi connectivity index (χ1v) is 8.28. The maximum atomic E-state index is 12.3. The van der Waals surface area contributed by atoms with Crippen molar-refractivity contribution in [3.05, 3.63) is 65.3 Å². The van der Waals surface area contributed by atoms with Crippen LogP contribution >= 0.6 is 11.6 Å². The molecule has 0 unspecified atom stereocenters. The molecule has 3 aromatic rings. The van der Waals surface area contributed by atoms with Crippen molar-refractivity contribution in [3.8, 4) is 17.0 Å². The molecule has 1 N–H and O–H groups in total. The summed E-state index contributed by atoms with van der Waals surface area (Å²) in [5.74, 6) is 1.03. The number of hydrogen-bond acceptors (Lipinski definition) is 3. The number of aromatic nitrogens is 2. The van der Waals surface area contributed by atoms with Crippen LogP contribution in [0.15, 0.2) is 54.7 Å². The van der Waals surface area contributed by atoms with Gasteiger partial charge in [-0.1, -0.05) is 17.7 Å². The summed E-state index contributed by atoms with van der Waals surface area (Å²) in [6, 6.07) is 14.5. The summed E-state index contributed by atoms with van der Waals surface area (Å²) in [5.41, 5.74) is 2.37. The van der Waals surface area contributed by atoms with Crippen molar-refractivity contribution >= 4 is 23.5 Å². The SMILES string of the molecule is CCOc1ccc(-c2cnc(NC(=O)c3cccc(Cl)c3)n2C)cc1. The van der Waals surface area contributed by atoms with Gasteiger partial charge in [-0.3, -0.25) is 10.1 Å². The number of hydrogen-bond donors (Lipinski definition) is 1. The van der Waals surface area contributed by atoms with Gasteiger partial charge in [-0.25, -0.2) is 4.98 Å². The van der Waals surface area contributed by atoms with Crippen molar-refractivity contribution in [1.82, 2.24) is 9.55 Å². The van der Waals surface area contributed by atoms with Crippen LogP contribution in [0.5, 0.6) is 5.75 Å². The lowest BCUT2D eigenvalue weighted by Gasteiger charge is -2.09. The molecule has 0 bridgehead atoms. The lowest BCUT2D eigenvalue weighted by atomic mass is 10.1. The van der Waals surface area contributed by atoms with E-state index in [0.29, 0.717) is 23.1 Å². The quantitative estimate of drug-likeness (QED) is 0.738. The summed E-state index contributed by atoms with van der Waals surface area (Å²) < 4.78 is 7.28. The average molecular weight is 356 g/mol. The summed E-state index contributed by atoms with van der Waals surface area (Å²) in [5, 5.41) is 3.32. The molecule has 0 radical (unpaired) electrons. The molecule has 0 spiro atoms. The largest absolute Gasteiger partial charge is 0.494 e. The maximum Gasteiger partial charge on any atom is 0.258 e. The number of amides is 1. The molecule has 25 heavy (non-hydrogen) atoms. The van der Waals surface area contributed by atoms with E-state index in [-0.39, 0.29) is 5.91 Å². The van der Waals surface area contributed by atoms with E-state index in [0.717, 1.165) is 17.0 Å². The number of imidazole rings is 1. The highest BCUT2D eigenvalue weighted by molar-refractivity contribution is 6.31. The fourth-order valence-electron chi connectivity index (χ4n) is 2.49. The van der Waals surface area contributed by atoms with Gasteiger partial charge in [0, 0.05) is 23.2 Å². The van der Waals surface area contributed by atoms with Crippen LogP contribution in [-0.2, 0) is 7.05 Å². The topological polar surface area (TPSA) is 56.1 Å². The molecular weight excluding hydrogens is 338 g/mol. The van der Waals surface area contributed by atoms with Gasteiger partial charge in [-0.2, -0.15) is 0 Å². The zero-order valence-corrected chi connectivity index (χ0v) is 14.7. The van der Waals surface area contributed by atoms with Gasteiger partial charge in [0.15, 0.2) is 0 Å². The zero-order valence-electron chi connectivity index (χ0n) is 14.0. The lowest BCUT2D eigenvalue weighted by molar-refractivity contribution is 0.102. The fourth-order valence-corrected chi connectivity index (χ4v) is 2.68. The van der Waals surface area contributed by atoms with Crippen molar-refractivity contribution < 1.29 is 9.53 Å². The molecule has 1 amide bonds. The third-order valence-electron chi connectivity index (χ3n) is 3.76. The van der Waals surface area contributed by atoms with Gasteiger partial charge < -0.3 is 9.30 Å². The van der Waals surface area contributed by atoms with Gasteiger partial charge in [0.05, 0.1) is 18.5 Å². The molecule has 0 atom stereocenters. The van der Waals surface area contributed by atoms with Crippen molar-refractivity contribution in [2.75, 3.05) is 11.9 Å². The van der Waals surface area contributed by atoms with Gasteiger partial charge in [-0.15, -0.1) is 0 Å². The Bertz CT molecular complexity index is 888. The number of carbonyl (C=O) groups is 1. The van der Waals surface area contributed by atoms with Crippen LogP contribution in [-0.4, -0.2) is 22.1 Å². The maximum absolute atomic E-state index is 12.3. The first-order chi connectivity index (χ1) is 12.1. The number of carbonyl (C=O) groups excluding carboxylic acids is 1. The van der Waals surface area contributed by atoms with Crippen LogP contribution in [0.3, 0.4) is 0 Å². The van der Waals surface area contributed by atoms with Gasteiger partial charge in [0.2, 0.25) is 5.95 Å².